The van der Waals surface area contributed by atoms with Gasteiger partial charge in [-0.2, -0.15) is 4.31 Å². The van der Waals surface area contributed by atoms with Crippen LogP contribution in [0.5, 0.6) is 0 Å². The van der Waals surface area contributed by atoms with Crippen molar-refractivity contribution in [2.45, 2.75) is 50.5 Å². The van der Waals surface area contributed by atoms with Crippen LogP contribution in [0.2, 0.25) is 0 Å². The molecule has 0 unspecified atom stereocenters. The highest BCUT2D eigenvalue weighted by Gasteiger charge is 2.24. The number of esters is 1. The summed E-state index contributed by atoms with van der Waals surface area (Å²) in [6, 6.07) is 5.67. The fourth-order valence-corrected chi connectivity index (χ4v) is 4.34. The topological polar surface area (TPSA) is 122 Å². The van der Waals surface area contributed by atoms with E-state index in [-0.39, 0.29) is 22.8 Å². The molecule has 0 heterocycles. The molecule has 166 valence electrons. The van der Waals surface area contributed by atoms with Crippen LogP contribution in [-0.2, 0) is 29.1 Å². The Kier molecular flexibility index (Phi) is 8.36. The molecule has 0 spiro atoms. The summed E-state index contributed by atoms with van der Waals surface area (Å²) in [5.74, 6) is -0.812. The number of anilines is 1. The molecule has 1 saturated carbocycles. The van der Waals surface area contributed by atoms with Gasteiger partial charge in [0.15, 0.2) is 6.61 Å². The predicted molar refractivity (Wildman–Crippen MR) is 111 cm³/mol. The predicted octanol–water partition coefficient (Wildman–Crippen LogP) is 1.50. The fraction of sp³-hybridized carbons (Fsp3) is 0.550. The van der Waals surface area contributed by atoms with Crippen molar-refractivity contribution in [1.82, 2.24) is 9.62 Å². The second-order valence-electron chi connectivity index (χ2n) is 7.65. The van der Waals surface area contributed by atoms with Gasteiger partial charge in [0, 0.05) is 25.7 Å². The lowest BCUT2D eigenvalue weighted by Gasteiger charge is -2.26. The number of carbonyl (C=O) groups is 3. The molecule has 2 rings (SSSR count). The zero-order chi connectivity index (χ0) is 22.3. The maximum Gasteiger partial charge on any atom is 0.321 e. The number of hydrogen-bond donors (Lipinski definition) is 2. The van der Waals surface area contributed by atoms with Gasteiger partial charge < -0.3 is 15.4 Å². The number of rotatable bonds is 8. The molecule has 0 saturated heterocycles. The Bertz CT molecular complexity index is 861. The number of hydrogen-bond acceptors (Lipinski definition) is 6. The van der Waals surface area contributed by atoms with E-state index in [9.17, 15) is 22.8 Å². The molecule has 2 N–H and O–H groups in total. The molecule has 10 heteroatoms. The number of sulfonamides is 1. The fourth-order valence-electron chi connectivity index (χ4n) is 3.23. The molecular weight excluding hydrogens is 410 g/mol. The molecule has 0 bridgehead atoms. The van der Waals surface area contributed by atoms with Crippen molar-refractivity contribution >= 4 is 33.5 Å². The van der Waals surface area contributed by atoms with Crippen LogP contribution in [0.4, 0.5) is 5.69 Å². The summed E-state index contributed by atoms with van der Waals surface area (Å²) in [4.78, 5) is 35.0. The third-order valence-corrected chi connectivity index (χ3v) is 6.80. The van der Waals surface area contributed by atoms with Gasteiger partial charge in [-0.05, 0) is 55.9 Å². The van der Waals surface area contributed by atoms with E-state index in [1.165, 1.54) is 38.2 Å². The summed E-state index contributed by atoms with van der Waals surface area (Å²) >= 11 is 0. The zero-order valence-electron chi connectivity index (χ0n) is 17.5. The SMILES string of the molecule is CC(=O)Nc1ccc(S(=O)(=O)N(C)CC(=O)OCC(=O)NC2CCC(C)CC2)cc1. The number of carbonyl (C=O) groups excluding carboxylic acids is 3. The average molecular weight is 440 g/mol. The van der Waals surface area contributed by atoms with E-state index < -0.39 is 29.1 Å². The summed E-state index contributed by atoms with van der Waals surface area (Å²) in [5, 5.41) is 5.39. The van der Waals surface area contributed by atoms with E-state index in [0.29, 0.717) is 11.6 Å². The van der Waals surface area contributed by atoms with Gasteiger partial charge >= 0.3 is 5.97 Å². The first-order chi connectivity index (χ1) is 14.1. The first-order valence-corrected chi connectivity index (χ1v) is 11.3. The Morgan fingerprint density at radius 3 is 2.27 bits per heavy atom. The number of nitrogens with zero attached hydrogens (tertiary/aromatic N) is 1. The standard InChI is InChI=1S/C20H29N3O6S/c1-14-4-6-17(7-5-14)22-19(25)13-29-20(26)12-23(3)30(27,28)18-10-8-16(9-11-18)21-15(2)24/h8-11,14,17H,4-7,12-13H2,1-3H3,(H,21,24)(H,22,25). The molecule has 0 atom stereocenters. The van der Waals surface area contributed by atoms with Crippen LogP contribution >= 0.6 is 0 Å². The van der Waals surface area contributed by atoms with Crippen molar-refractivity contribution in [2.24, 2.45) is 5.92 Å². The molecule has 0 aromatic heterocycles. The smallest absolute Gasteiger partial charge is 0.321 e. The lowest BCUT2D eigenvalue weighted by atomic mass is 9.87. The first kappa shape index (κ1) is 23.8. The van der Waals surface area contributed by atoms with Gasteiger partial charge in [-0.1, -0.05) is 6.92 Å². The second-order valence-corrected chi connectivity index (χ2v) is 9.70. The van der Waals surface area contributed by atoms with Crippen molar-refractivity contribution in [3.8, 4) is 0 Å². The lowest BCUT2D eigenvalue weighted by molar-refractivity contribution is -0.148. The lowest BCUT2D eigenvalue weighted by Crippen LogP contribution is -2.40. The largest absolute Gasteiger partial charge is 0.455 e. The van der Waals surface area contributed by atoms with E-state index in [2.05, 4.69) is 17.6 Å². The molecule has 1 aromatic carbocycles. The van der Waals surface area contributed by atoms with Gasteiger partial charge in [0.2, 0.25) is 15.9 Å². The molecule has 30 heavy (non-hydrogen) atoms. The van der Waals surface area contributed by atoms with Crippen molar-refractivity contribution in [3.05, 3.63) is 24.3 Å². The van der Waals surface area contributed by atoms with Crippen molar-refractivity contribution in [1.29, 1.82) is 0 Å². The van der Waals surface area contributed by atoms with Crippen LogP contribution in [0, 0.1) is 5.92 Å². The molecule has 0 radical (unpaired) electrons. The Morgan fingerprint density at radius 1 is 1.10 bits per heavy atom. The Hall–Kier alpha value is -2.46. The minimum Gasteiger partial charge on any atom is -0.455 e. The van der Waals surface area contributed by atoms with E-state index in [1.54, 1.807) is 0 Å². The highest BCUT2D eigenvalue weighted by Crippen LogP contribution is 2.23. The van der Waals surface area contributed by atoms with E-state index in [1.807, 2.05) is 0 Å². The average Bonchev–Trinajstić information content (AvgIpc) is 2.68. The van der Waals surface area contributed by atoms with Crippen LogP contribution in [-0.4, -0.2) is 56.7 Å². The van der Waals surface area contributed by atoms with E-state index in [0.717, 1.165) is 30.0 Å². The first-order valence-electron chi connectivity index (χ1n) is 9.87. The van der Waals surface area contributed by atoms with Crippen LogP contribution in [0.15, 0.2) is 29.2 Å². The quantitative estimate of drug-likeness (QED) is 0.592. The molecule has 0 aliphatic heterocycles. The molecule has 1 aliphatic carbocycles. The third kappa shape index (κ3) is 7.10. The van der Waals surface area contributed by atoms with Crippen molar-refractivity contribution in [3.63, 3.8) is 0 Å². The number of ether oxygens (including phenoxy) is 1. The summed E-state index contributed by atoms with van der Waals surface area (Å²) in [5.41, 5.74) is 0.460. The zero-order valence-corrected chi connectivity index (χ0v) is 18.3. The van der Waals surface area contributed by atoms with Gasteiger partial charge in [0.1, 0.15) is 6.54 Å². The number of amides is 2. The summed E-state index contributed by atoms with van der Waals surface area (Å²) in [6.07, 6.45) is 3.92. The Labute approximate surface area is 177 Å². The van der Waals surface area contributed by atoms with Crippen molar-refractivity contribution < 1.29 is 27.5 Å². The molecular formula is C20H29N3O6S. The van der Waals surface area contributed by atoms with Gasteiger partial charge in [0.25, 0.3) is 5.91 Å². The maximum absolute atomic E-state index is 12.6. The van der Waals surface area contributed by atoms with E-state index >= 15 is 0 Å². The Balaban J connectivity index is 1.82. The number of likely N-dealkylation sites (N-methyl/N-ethyl adjacent to an activating group) is 1. The number of benzene rings is 1. The molecule has 1 aromatic rings. The highest BCUT2D eigenvalue weighted by molar-refractivity contribution is 7.89. The maximum atomic E-state index is 12.6. The highest BCUT2D eigenvalue weighted by atomic mass is 32.2. The molecule has 9 nitrogen and oxygen atoms in total. The number of nitrogens with one attached hydrogen (secondary N) is 2. The molecule has 1 aliphatic rings. The second kappa shape index (κ2) is 10.5. The minimum atomic E-state index is -3.93. The summed E-state index contributed by atoms with van der Waals surface area (Å²) in [6.45, 7) is 2.57. The van der Waals surface area contributed by atoms with Crippen LogP contribution in [0.3, 0.4) is 0 Å². The van der Waals surface area contributed by atoms with Gasteiger partial charge in [0.05, 0.1) is 4.90 Å². The molecule has 2 amide bonds. The van der Waals surface area contributed by atoms with Crippen LogP contribution < -0.4 is 10.6 Å². The normalized spacial score (nSPS) is 19.2. The van der Waals surface area contributed by atoms with E-state index in [4.69, 9.17) is 4.74 Å². The van der Waals surface area contributed by atoms with Gasteiger partial charge in [-0.15, -0.1) is 0 Å². The molecule has 1 fully saturated rings. The Morgan fingerprint density at radius 2 is 1.70 bits per heavy atom. The van der Waals surface area contributed by atoms with Crippen LogP contribution in [0.1, 0.15) is 39.5 Å². The third-order valence-electron chi connectivity index (χ3n) is 4.98. The van der Waals surface area contributed by atoms with Crippen molar-refractivity contribution in [2.75, 3.05) is 25.5 Å². The summed E-state index contributed by atoms with van der Waals surface area (Å²) in [7, 11) is -2.67. The van der Waals surface area contributed by atoms with Crippen LogP contribution in [0.25, 0.3) is 0 Å². The minimum absolute atomic E-state index is 0.0313. The van der Waals surface area contributed by atoms with Gasteiger partial charge in [-0.25, -0.2) is 8.42 Å². The monoisotopic (exact) mass is 439 g/mol. The summed E-state index contributed by atoms with van der Waals surface area (Å²) < 4.78 is 30.9. The van der Waals surface area contributed by atoms with Gasteiger partial charge in [-0.3, -0.25) is 14.4 Å².